The molecule has 0 spiro atoms. The number of fused-ring (bicyclic) bond motifs is 1. The minimum atomic E-state index is 0.585. The van der Waals surface area contributed by atoms with Crippen LogP contribution in [0.2, 0.25) is 0 Å². The Hall–Kier alpha value is -0.450. The summed E-state index contributed by atoms with van der Waals surface area (Å²) in [4.78, 5) is 0. The molecule has 0 N–H and O–H groups in total. The van der Waals surface area contributed by atoms with E-state index in [-0.39, 0.29) is 0 Å². The molecule has 5 heteroatoms. The summed E-state index contributed by atoms with van der Waals surface area (Å²) in [5.41, 5.74) is 0. The van der Waals surface area contributed by atoms with Gasteiger partial charge in [-0.1, -0.05) is 15.9 Å². The summed E-state index contributed by atoms with van der Waals surface area (Å²) in [5.74, 6) is 1.67. The Bertz CT molecular complexity index is 273. The second-order valence-electron chi connectivity index (χ2n) is 3.43. The van der Waals surface area contributed by atoms with Crippen molar-refractivity contribution in [2.45, 2.75) is 38.1 Å². The van der Waals surface area contributed by atoms with E-state index in [0.717, 1.165) is 17.7 Å². The standard InChI is InChI=1S/C8H13BrN4/c9-5-1-3-7-4-2-6-13-8(7)10-11-12-13/h7H,1-6H2. The van der Waals surface area contributed by atoms with Gasteiger partial charge in [-0.15, -0.1) is 5.10 Å². The number of aryl methyl sites for hydroxylation is 1. The number of tetrazole rings is 1. The van der Waals surface area contributed by atoms with E-state index in [2.05, 4.69) is 31.5 Å². The minimum absolute atomic E-state index is 0.585. The van der Waals surface area contributed by atoms with Crippen LogP contribution in [-0.4, -0.2) is 25.5 Å². The zero-order valence-corrected chi connectivity index (χ0v) is 9.07. The number of aromatic nitrogens is 4. The van der Waals surface area contributed by atoms with Gasteiger partial charge in [-0.05, 0) is 36.1 Å². The maximum atomic E-state index is 4.08. The Labute approximate surface area is 85.8 Å². The zero-order valence-electron chi connectivity index (χ0n) is 7.49. The summed E-state index contributed by atoms with van der Waals surface area (Å²) < 4.78 is 1.95. The Morgan fingerprint density at radius 1 is 1.54 bits per heavy atom. The van der Waals surface area contributed by atoms with Gasteiger partial charge < -0.3 is 0 Å². The van der Waals surface area contributed by atoms with Crippen LogP contribution >= 0.6 is 15.9 Å². The molecule has 1 aliphatic rings. The third kappa shape index (κ3) is 1.90. The van der Waals surface area contributed by atoms with E-state index >= 15 is 0 Å². The van der Waals surface area contributed by atoms with Crippen LogP contribution in [0.25, 0.3) is 0 Å². The van der Waals surface area contributed by atoms with Crippen LogP contribution in [0, 0.1) is 0 Å². The molecule has 0 amide bonds. The van der Waals surface area contributed by atoms with Crippen molar-refractivity contribution in [2.24, 2.45) is 0 Å². The van der Waals surface area contributed by atoms with E-state index in [4.69, 9.17) is 0 Å². The second-order valence-corrected chi connectivity index (χ2v) is 4.22. The summed E-state index contributed by atoms with van der Waals surface area (Å²) >= 11 is 3.45. The van der Waals surface area contributed by atoms with Crippen LogP contribution in [0.3, 0.4) is 0 Å². The number of hydrogen-bond acceptors (Lipinski definition) is 3. The molecular formula is C8H13BrN4. The van der Waals surface area contributed by atoms with E-state index in [1.54, 1.807) is 0 Å². The molecular weight excluding hydrogens is 232 g/mol. The van der Waals surface area contributed by atoms with Crippen LogP contribution in [-0.2, 0) is 6.54 Å². The first-order valence-electron chi connectivity index (χ1n) is 4.74. The number of nitrogens with zero attached hydrogens (tertiary/aromatic N) is 4. The molecule has 0 fully saturated rings. The molecule has 13 heavy (non-hydrogen) atoms. The van der Waals surface area contributed by atoms with Gasteiger partial charge in [0, 0.05) is 17.8 Å². The lowest BCUT2D eigenvalue weighted by Crippen LogP contribution is -2.17. The first-order chi connectivity index (χ1) is 6.42. The molecule has 1 aliphatic heterocycles. The van der Waals surface area contributed by atoms with Crippen molar-refractivity contribution < 1.29 is 0 Å². The predicted octanol–water partition coefficient (Wildman–Crippen LogP) is 1.73. The number of rotatable bonds is 3. The summed E-state index contributed by atoms with van der Waals surface area (Å²) in [6, 6.07) is 0. The fraction of sp³-hybridized carbons (Fsp3) is 0.875. The second kappa shape index (κ2) is 4.17. The normalized spacial score (nSPS) is 21.5. The van der Waals surface area contributed by atoms with Gasteiger partial charge in [-0.2, -0.15) is 0 Å². The average molecular weight is 245 g/mol. The van der Waals surface area contributed by atoms with E-state index < -0.39 is 0 Å². The Morgan fingerprint density at radius 3 is 3.31 bits per heavy atom. The summed E-state index contributed by atoms with van der Waals surface area (Å²) in [7, 11) is 0. The van der Waals surface area contributed by atoms with Crippen molar-refractivity contribution in [3.05, 3.63) is 5.82 Å². The monoisotopic (exact) mass is 244 g/mol. The first-order valence-corrected chi connectivity index (χ1v) is 5.86. The van der Waals surface area contributed by atoms with E-state index in [1.165, 1.54) is 25.7 Å². The van der Waals surface area contributed by atoms with Crippen molar-refractivity contribution in [1.29, 1.82) is 0 Å². The number of hydrogen-bond donors (Lipinski definition) is 0. The van der Waals surface area contributed by atoms with Gasteiger partial charge in [0.05, 0.1) is 0 Å². The van der Waals surface area contributed by atoms with E-state index in [9.17, 15) is 0 Å². The van der Waals surface area contributed by atoms with Gasteiger partial charge in [0.1, 0.15) is 0 Å². The summed E-state index contributed by atoms with van der Waals surface area (Å²) in [5, 5.41) is 12.8. The van der Waals surface area contributed by atoms with Gasteiger partial charge in [0.2, 0.25) is 0 Å². The maximum Gasteiger partial charge on any atom is 0.154 e. The number of alkyl halides is 1. The fourth-order valence-electron chi connectivity index (χ4n) is 1.88. The molecule has 0 aliphatic carbocycles. The Kier molecular flexibility index (Phi) is 2.93. The largest absolute Gasteiger partial charge is 0.229 e. The molecule has 1 atom stereocenters. The zero-order chi connectivity index (χ0) is 9.10. The van der Waals surface area contributed by atoms with Crippen LogP contribution in [0.5, 0.6) is 0 Å². The van der Waals surface area contributed by atoms with Crippen molar-refractivity contribution in [1.82, 2.24) is 20.2 Å². The first kappa shape index (κ1) is 9.12. The third-order valence-corrected chi connectivity index (χ3v) is 3.09. The lowest BCUT2D eigenvalue weighted by molar-refractivity contribution is 0.397. The van der Waals surface area contributed by atoms with Gasteiger partial charge in [-0.25, -0.2) is 4.68 Å². The highest BCUT2D eigenvalue weighted by Gasteiger charge is 2.22. The molecule has 0 radical (unpaired) electrons. The summed E-state index contributed by atoms with van der Waals surface area (Å²) in [6.07, 6.45) is 4.86. The lowest BCUT2D eigenvalue weighted by atomic mass is 9.95. The van der Waals surface area contributed by atoms with E-state index in [1.807, 2.05) is 4.68 Å². The lowest BCUT2D eigenvalue weighted by Gasteiger charge is -2.20. The van der Waals surface area contributed by atoms with Crippen LogP contribution in [0.15, 0.2) is 0 Å². The minimum Gasteiger partial charge on any atom is -0.229 e. The number of halogens is 1. The van der Waals surface area contributed by atoms with Crippen LogP contribution in [0.1, 0.15) is 37.4 Å². The highest BCUT2D eigenvalue weighted by molar-refractivity contribution is 9.09. The maximum absolute atomic E-state index is 4.08. The molecule has 72 valence electrons. The van der Waals surface area contributed by atoms with Crippen LogP contribution in [0.4, 0.5) is 0 Å². The molecule has 0 bridgehead atoms. The molecule has 0 aromatic carbocycles. The SMILES string of the molecule is BrCCCC1CCCn2nnnc21. The Morgan fingerprint density at radius 2 is 2.46 bits per heavy atom. The molecule has 1 unspecified atom stereocenters. The van der Waals surface area contributed by atoms with Crippen LogP contribution < -0.4 is 0 Å². The van der Waals surface area contributed by atoms with Crippen molar-refractivity contribution in [3.63, 3.8) is 0 Å². The highest BCUT2D eigenvalue weighted by atomic mass is 79.9. The van der Waals surface area contributed by atoms with Gasteiger partial charge >= 0.3 is 0 Å². The Balaban J connectivity index is 2.07. The van der Waals surface area contributed by atoms with Crippen molar-refractivity contribution in [3.8, 4) is 0 Å². The molecule has 2 rings (SSSR count). The smallest absolute Gasteiger partial charge is 0.154 e. The molecule has 4 nitrogen and oxygen atoms in total. The van der Waals surface area contributed by atoms with Gasteiger partial charge in [0.25, 0.3) is 0 Å². The topological polar surface area (TPSA) is 43.6 Å². The molecule has 1 aromatic heterocycles. The van der Waals surface area contributed by atoms with Gasteiger partial charge in [0.15, 0.2) is 5.82 Å². The van der Waals surface area contributed by atoms with Gasteiger partial charge in [-0.3, -0.25) is 0 Å². The molecule has 0 saturated heterocycles. The molecule has 1 aromatic rings. The molecule has 0 saturated carbocycles. The average Bonchev–Trinajstić information content (AvgIpc) is 2.62. The van der Waals surface area contributed by atoms with Crippen molar-refractivity contribution in [2.75, 3.05) is 5.33 Å². The predicted molar refractivity (Wildman–Crippen MR) is 52.8 cm³/mol. The fourth-order valence-corrected chi connectivity index (χ4v) is 2.20. The highest BCUT2D eigenvalue weighted by Crippen LogP contribution is 2.28. The van der Waals surface area contributed by atoms with Crippen molar-refractivity contribution >= 4 is 15.9 Å². The molecule has 2 heterocycles. The third-order valence-electron chi connectivity index (χ3n) is 2.53. The van der Waals surface area contributed by atoms with E-state index in [0.29, 0.717) is 5.92 Å². The summed E-state index contributed by atoms with van der Waals surface area (Å²) in [6.45, 7) is 0.993. The quantitative estimate of drug-likeness (QED) is 0.761.